The van der Waals surface area contributed by atoms with Gasteiger partial charge in [0.25, 0.3) is 11.8 Å². The lowest BCUT2D eigenvalue weighted by Gasteiger charge is -2.21. The SMILES string of the molecule is CCOc1ccc(NC(=O)c2ccc(NC(=O)CNc3ccccc3C(=O)NC(C)(C)C)cc2)cc1. The third kappa shape index (κ3) is 7.87. The second kappa shape index (κ2) is 11.9. The van der Waals surface area contributed by atoms with E-state index in [1.807, 2.05) is 27.7 Å². The number of benzene rings is 3. The summed E-state index contributed by atoms with van der Waals surface area (Å²) in [4.78, 5) is 37.6. The van der Waals surface area contributed by atoms with Crippen LogP contribution in [0.15, 0.2) is 72.8 Å². The molecule has 3 aromatic carbocycles. The van der Waals surface area contributed by atoms with Crippen LogP contribution < -0.4 is 26.0 Å². The fourth-order valence-corrected chi connectivity index (χ4v) is 3.33. The first-order valence-electron chi connectivity index (χ1n) is 11.7. The van der Waals surface area contributed by atoms with Crippen molar-refractivity contribution in [3.8, 4) is 5.75 Å². The van der Waals surface area contributed by atoms with E-state index in [2.05, 4.69) is 21.3 Å². The summed E-state index contributed by atoms with van der Waals surface area (Å²) in [5.41, 5.74) is 2.32. The van der Waals surface area contributed by atoms with Gasteiger partial charge in [-0.3, -0.25) is 14.4 Å². The molecule has 36 heavy (non-hydrogen) atoms. The summed E-state index contributed by atoms with van der Waals surface area (Å²) in [7, 11) is 0. The Morgan fingerprint density at radius 2 is 1.39 bits per heavy atom. The highest BCUT2D eigenvalue weighted by Gasteiger charge is 2.18. The Hall–Kier alpha value is -4.33. The molecule has 0 radical (unpaired) electrons. The van der Waals surface area contributed by atoms with E-state index in [0.29, 0.717) is 34.8 Å². The van der Waals surface area contributed by atoms with Crippen molar-refractivity contribution in [3.05, 3.63) is 83.9 Å². The zero-order valence-corrected chi connectivity index (χ0v) is 21.0. The van der Waals surface area contributed by atoms with Gasteiger partial charge in [-0.15, -0.1) is 0 Å². The molecule has 0 atom stereocenters. The van der Waals surface area contributed by atoms with Gasteiger partial charge in [0, 0.05) is 28.2 Å². The van der Waals surface area contributed by atoms with Gasteiger partial charge in [0.15, 0.2) is 0 Å². The molecule has 0 fully saturated rings. The maximum atomic E-state index is 12.6. The summed E-state index contributed by atoms with van der Waals surface area (Å²) in [6, 6.07) is 20.8. The lowest BCUT2D eigenvalue weighted by atomic mass is 10.1. The van der Waals surface area contributed by atoms with Crippen LogP contribution in [0.1, 0.15) is 48.4 Å². The van der Waals surface area contributed by atoms with Crippen molar-refractivity contribution in [1.82, 2.24) is 5.32 Å². The highest BCUT2D eigenvalue weighted by Crippen LogP contribution is 2.18. The number of anilines is 3. The Balaban J connectivity index is 1.54. The van der Waals surface area contributed by atoms with Crippen molar-refractivity contribution in [2.75, 3.05) is 29.1 Å². The van der Waals surface area contributed by atoms with Crippen LogP contribution in [-0.4, -0.2) is 36.4 Å². The predicted octanol–water partition coefficient (Wildman–Crippen LogP) is 4.92. The van der Waals surface area contributed by atoms with Crippen molar-refractivity contribution in [3.63, 3.8) is 0 Å². The molecule has 0 unspecified atom stereocenters. The molecule has 0 saturated heterocycles. The van der Waals surface area contributed by atoms with Crippen LogP contribution in [0.25, 0.3) is 0 Å². The van der Waals surface area contributed by atoms with E-state index in [-0.39, 0.29) is 29.8 Å². The van der Waals surface area contributed by atoms with Crippen LogP contribution in [0.3, 0.4) is 0 Å². The molecule has 8 heteroatoms. The normalized spacial score (nSPS) is 10.8. The molecule has 0 bridgehead atoms. The second-order valence-electron chi connectivity index (χ2n) is 9.14. The molecule has 188 valence electrons. The third-order valence-corrected chi connectivity index (χ3v) is 4.95. The molecule has 0 heterocycles. The first-order chi connectivity index (χ1) is 17.1. The van der Waals surface area contributed by atoms with Crippen LogP contribution in [0.4, 0.5) is 17.1 Å². The molecule has 0 aromatic heterocycles. The Bertz CT molecular complexity index is 1200. The number of para-hydroxylation sites is 1. The molecular weight excluding hydrogens is 456 g/mol. The quantitative estimate of drug-likeness (QED) is 0.342. The van der Waals surface area contributed by atoms with Crippen LogP contribution in [0, 0.1) is 0 Å². The summed E-state index contributed by atoms with van der Waals surface area (Å²) in [5.74, 6) is -0.0247. The topological polar surface area (TPSA) is 109 Å². The van der Waals surface area contributed by atoms with E-state index >= 15 is 0 Å². The molecule has 0 aliphatic heterocycles. The molecule has 0 spiro atoms. The first kappa shape index (κ1) is 26.3. The van der Waals surface area contributed by atoms with Crippen LogP contribution in [0.5, 0.6) is 5.75 Å². The van der Waals surface area contributed by atoms with Crippen LogP contribution in [-0.2, 0) is 4.79 Å². The fraction of sp³-hybridized carbons (Fsp3) is 0.250. The van der Waals surface area contributed by atoms with Gasteiger partial charge >= 0.3 is 0 Å². The number of amides is 3. The minimum atomic E-state index is -0.376. The maximum Gasteiger partial charge on any atom is 0.255 e. The number of hydrogen-bond acceptors (Lipinski definition) is 5. The second-order valence-corrected chi connectivity index (χ2v) is 9.14. The summed E-state index contributed by atoms with van der Waals surface area (Å²) in [6.07, 6.45) is 0. The molecule has 0 aliphatic carbocycles. The van der Waals surface area contributed by atoms with Crippen molar-refractivity contribution < 1.29 is 19.1 Å². The van der Waals surface area contributed by atoms with E-state index in [4.69, 9.17) is 4.74 Å². The standard InChI is InChI=1S/C28H32N4O4/c1-5-36-22-16-14-21(15-17-22)31-26(34)19-10-12-20(13-11-19)30-25(33)18-29-24-9-7-6-8-23(24)27(35)32-28(2,3)4/h6-17,29H,5,18H2,1-4H3,(H,30,33)(H,31,34)(H,32,35). The zero-order chi connectivity index (χ0) is 26.1. The smallest absolute Gasteiger partial charge is 0.255 e. The molecule has 3 aromatic rings. The Morgan fingerprint density at radius 3 is 2.03 bits per heavy atom. The number of ether oxygens (including phenoxy) is 1. The number of rotatable bonds is 9. The van der Waals surface area contributed by atoms with E-state index in [1.165, 1.54) is 0 Å². The van der Waals surface area contributed by atoms with Crippen molar-refractivity contribution in [1.29, 1.82) is 0 Å². The van der Waals surface area contributed by atoms with Crippen LogP contribution in [0.2, 0.25) is 0 Å². The molecular formula is C28H32N4O4. The highest BCUT2D eigenvalue weighted by atomic mass is 16.5. The van der Waals surface area contributed by atoms with E-state index in [1.54, 1.807) is 72.8 Å². The minimum absolute atomic E-state index is 0.0280. The van der Waals surface area contributed by atoms with Crippen LogP contribution >= 0.6 is 0 Å². The Morgan fingerprint density at radius 1 is 0.778 bits per heavy atom. The fourth-order valence-electron chi connectivity index (χ4n) is 3.33. The van der Waals surface area contributed by atoms with Gasteiger partial charge in [0.1, 0.15) is 5.75 Å². The zero-order valence-electron chi connectivity index (χ0n) is 21.0. The maximum absolute atomic E-state index is 12.6. The summed E-state index contributed by atoms with van der Waals surface area (Å²) >= 11 is 0. The molecule has 0 saturated carbocycles. The lowest BCUT2D eigenvalue weighted by molar-refractivity contribution is -0.114. The van der Waals surface area contributed by atoms with Gasteiger partial charge in [-0.05, 0) is 88.4 Å². The number of hydrogen-bond donors (Lipinski definition) is 4. The molecule has 4 N–H and O–H groups in total. The predicted molar refractivity (Wildman–Crippen MR) is 143 cm³/mol. The van der Waals surface area contributed by atoms with E-state index in [0.717, 1.165) is 5.75 Å². The van der Waals surface area contributed by atoms with Gasteiger partial charge < -0.3 is 26.0 Å². The average Bonchev–Trinajstić information content (AvgIpc) is 2.83. The van der Waals surface area contributed by atoms with Gasteiger partial charge in [0.2, 0.25) is 5.91 Å². The first-order valence-corrected chi connectivity index (χ1v) is 11.7. The minimum Gasteiger partial charge on any atom is -0.494 e. The van der Waals surface area contributed by atoms with Gasteiger partial charge in [-0.25, -0.2) is 0 Å². The van der Waals surface area contributed by atoms with Gasteiger partial charge in [-0.2, -0.15) is 0 Å². The summed E-state index contributed by atoms with van der Waals surface area (Å²) in [5, 5.41) is 11.6. The largest absolute Gasteiger partial charge is 0.494 e. The van der Waals surface area contributed by atoms with E-state index < -0.39 is 0 Å². The Kier molecular flexibility index (Phi) is 8.67. The molecule has 3 rings (SSSR count). The number of carbonyl (C=O) groups excluding carboxylic acids is 3. The summed E-state index contributed by atoms with van der Waals surface area (Å²) in [6.45, 7) is 8.18. The van der Waals surface area contributed by atoms with E-state index in [9.17, 15) is 14.4 Å². The van der Waals surface area contributed by atoms with Crippen molar-refractivity contribution in [2.24, 2.45) is 0 Å². The highest BCUT2D eigenvalue weighted by molar-refractivity contribution is 6.05. The number of carbonyl (C=O) groups is 3. The number of nitrogens with one attached hydrogen (secondary N) is 4. The lowest BCUT2D eigenvalue weighted by Crippen LogP contribution is -2.40. The summed E-state index contributed by atoms with van der Waals surface area (Å²) < 4.78 is 5.40. The Labute approximate surface area is 211 Å². The monoisotopic (exact) mass is 488 g/mol. The third-order valence-electron chi connectivity index (χ3n) is 4.95. The average molecular weight is 489 g/mol. The van der Waals surface area contributed by atoms with Gasteiger partial charge in [0.05, 0.1) is 18.7 Å². The van der Waals surface area contributed by atoms with Crippen molar-refractivity contribution in [2.45, 2.75) is 33.2 Å². The molecule has 8 nitrogen and oxygen atoms in total. The van der Waals surface area contributed by atoms with Gasteiger partial charge in [-0.1, -0.05) is 12.1 Å². The molecule has 3 amide bonds. The molecule has 0 aliphatic rings. The van der Waals surface area contributed by atoms with Crippen molar-refractivity contribution >= 4 is 34.8 Å².